The molecule has 2 aromatic heterocycles. The highest BCUT2D eigenvalue weighted by atomic mass is 32.2. The molecule has 19 heteroatoms. The van der Waals surface area contributed by atoms with Crippen molar-refractivity contribution in [1.82, 2.24) is 25.4 Å². The zero-order chi connectivity index (χ0) is 43.4. The molecule has 2 aromatic carbocycles. The molecule has 5 heterocycles. The maximum atomic E-state index is 13.3. The van der Waals surface area contributed by atoms with Crippen molar-refractivity contribution in [2.24, 2.45) is 7.05 Å². The third-order valence-corrected chi connectivity index (χ3v) is 13.9. The molecule has 61 heavy (non-hydrogen) atoms. The summed E-state index contributed by atoms with van der Waals surface area (Å²) in [6, 6.07) is 10.8. The number of nitrogens with zero attached hydrogens (tertiary/aromatic N) is 2. The van der Waals surface area contributed by atoms with Crippen LogP contribution >= 0.6 is 11.3 Å². The second kappa shape index (κ2) is 18.3. The first-order valence-corrected chi connectivity index (χ1v) is 22.7. The highest BCUT2D eigenvalue weighted by Gasteiger charge is 2.45. The lowest BCUT2D eigenvalue weighted by Crippen LogP contribution is -2.54. The number of aryl methyl sites for hydroxylation is 1. The minimum absolute atomic E-state index is 0.0515. The van der Waals surface area contributed by atoms with E-state index < -0.39 is 39.5 Å². The molecule has 3 aliphatic rings. The van der Waals surface area contributed by atoms with E-state index in [4.69, 9.17) is 14.9 Å². The smallest absolute Gasteiger partial charge is 0.264 e. The average molecular weight is 874 g/mol. The van der Waals surface area contributed by atoms with Crippen molar-refractivity contribution in [2.75, 3.05) is 43.6 Å². The van der Waals surface area contributed by atoms with Crippen LogP contribution in [0.5, 0.6) is 11.5 Å². The number of unbranched alkanes of at least 4 members (excludes halogenated alkanes) is 3. The van der Waals surface area contributed by atoms with Crippen LogP contribution in [0.4, 0.5) is 5.69 Å². The molecule has 322 valence electrons. The summed E-state index contributed by atoms with van der Waals surface area (Å²) in [5.41, 5.74) is 2.23. The van der Waals surface area contributed by atoms with Gasteiger partial charge in [0, 0.05) is 54.7 Å². The minimum atomic E-state index is -3.04. The first kappa shape index (κ1) is 43.0. The van der Waals surface area contributed by atoms with Crippen molar-refractivity contribution >= 4 is 72.3 Å². The van der Waals surface area contributed by atoms with Crippen molar-refractivity contribution < 1.29 is 41.9 Å². The highest BCUT2D eigenvalue weighted by Crippen LogP contribution is 2.38. The first-order valence-electron chi connectivity index (χ1n) is 20.1. The van der Waals surface area contributed by atoms with Crippen LogP contribution in [0.15, 0.2) is 53.5 Å². The van der Waals surface area contributed by atoms with Gasteiger partial charge in [0.25, 0.3) is 23.3 Å². The lowest BCUT2D eigenvalue weighted by molar-refractivity contribution is -0.136. The standard InChI is InChI=1S/C42H47N7O10S2/c1-48-22-28(37-27(40(48)53)21-33(60-37)38(43)46-25-14-18-61(56,57)19-15-25)24-10-12-31(32(20-24)58-2)59-23-35(51)45-17-6-4-3-5-16-44-29-9-7-8-26-36(29)42(55)49(41(26)54)30-11-13-34(50)47-39(30)52/h7-10,12,20-22,25,30,44H,3-6,11,13-19,23H2,1-2H3,(H2,43,46)(H,45,51)(H,47,50,52). The Balaban J connectivity index is 0.861. The lowest BCUT2D eigenvalue weighted by Gasteiger charge is -2.27. The van der Waals surface area contributed by atoms with Gasteiger partial charge in [-0.05, 0) is 68.0 Å². The Morgan fingerprint density at radius 2 is 1.69 bits per heavy atom. The van der Waals surface area contributed by atoms with Gasteiger partial charge in [-0.2, -0.15) is 0 Å². The quantitative estimate of drug-likeness (QED) is 0.0472. The van der Waals surface area contributed by atoms with E-state index in [-0.39, 0.29) is 65.4 Å². The van der Waals surface area contributed by atoms with E-state index in [0.29, 0.717) is 58.1 Å². The number of pyridine rings is 1. The van der Waals surface area contributed by atoms with Gasteiger partial charge in [-0.15, -0.1) is 11.3 Å². The Bertz CT molecular complexity index is 2590. The van der Waals surface area contributed by atoms with Crippen LogP contribution in [0, 0.1) is 5.41 Å². The highest BCUT2D eigenvalue weighted by molar-refractivity contribution is 7.91. The lowest BCUT2D eigenvalue weighted by atomic mass is 10.0. The van der Waals surface area contributed by atoms with Crippen LogP contribution in [-0.4, -0.2) is 104 Å². The van der Waals surface area contributed by atoms with Crippen LogP contribution in [0.1, 0.15) is 77.0 Å². The number of fused-ring (bicyclic) bond motifs is 2. The molecule has 0 spiro atoms. The number of hydrogen-bond acceptors (Lipinski definition) is 13. The Hall–Kier alpha value is -6.08. The maximum Gasteiger partial charge on any atom is 0.264 e. The van der Waals surface area contributed by atoms with E-state index in [0.717, 1.165) is 41.7 Å². The van der Waals surface area contributed by atoms with Crippen LogP contribution in [0.25, 0.3) is 21.2 Å². The van der Waals surface area contributed by atoms with Gasteiger partial charge in [-0.25, -0.2) is 8.42 Å². The van der Waals surface area contributed by atoms with Crippen molar-refractivity contribution in [3.8, 4) is 22.6 Å². The fourth-order valence-electron chi connectivity index (χ4n) is 7.75. The summed E-state index contributed by atoms with van der Waals surface area (Å²) in [6.45, 7) is 0.758. The summed E-state index contributed by atoms with van der Waals surface area (Å²) in [4.78, 5) is 77.7. The van der Waals surface area contributed by atoms with Crippen LogP contribution in [0.2, 0.25) is 0 Å². The molecule has 2 fully saturated rings. The normalized spacial score (nSPS) is 17.5. The second-order valence-corrected chi connectivity index (χ2v) is 18.6. The summed E-state index contributed by atoms with van der Waals surface area (Å²) in [5.74, 6) is -1.43. The fraction of sp³-hybridized carbons (Fsp3) is 0.405. The molecule has 3 aliphatic heterocycles. The number of ether oxygens (including phenoxy) is 2. The number of sulfone groups is 1. The van der Waals surface area contributed by atoms with Gasteiger partial charge in [0.05, 0.1) is 40.0 Å². The van der Waals surface area contributed by atoms with Gasteiger partial charge in [0.15, 0.2) is 18.1 Å². The molecule has 2 saturated heterocycles. The third kappa shape index (κ3) is 9.47. The van der Waals surface area contributed by atoms with Crippen molar-refractivity contribution in [2.45, 2.75) is 63.5 Å². The summed E-state index contributed by atoms with van der Waals surface area (Å²) in [7, 11) is 0.115. The number of hydrogen-bond donors (Lipinski definition) is 5. The van der Waals surface area contributed by atoms with Crippen molar-refractivity contribution in [3.05, 3.63) is 75.0 Å². The molecular weight excluding hydrogens is 827 g/mol. The molecule has 1 atom stereocenters. The molecular formula is C42H47N7O10S2. The number of amidine groups is 1. The first-order chi connectivity index (χ1) is 29.2. The zero-order valence-corrected chi connectivity index (χ0v) is 35.4. The van der Waals surface area contributed by atoms with Gasteiger partial charge in [-0.1, -0.05) is 25.0 Å². The summed E-state index contributed by atoms with van der Waals surface area (Å²) >= 11 is 1.30. The summed E-state index contributed by atoms with van der Waals surface area (Å²) < 4.78 is 37.3. The van der Waals surface area contributed by atoms with Crippen LogP contribution in [0.3, 0.4) is 0 Å². The zero-order valence-electron chi connectivity index (χ0n) is 33.8. The van der Waals surface area contributed by atoms with Gasteiger partial charge in [-0.3, -0.25) is 44.4 Å². The number of thiophene rings is 1. The second-order valence-electron chi connectivity index (χ2n) is 15.3. The molecule has 5 N–H and O–H groups in total. The number of carbonyl (C=O) groups is 5. The number of methoxy groups -OCH3 is 1. The number of benzene rings is 2. The van der Waals surface area contributed by atoms with E-state index >= 15 is 0 Å². The molecule has 5 amide bonds. The number of amides is 5. The average Bonchev–Trinajstić information content (AvgIpc) is 3.80. The monoisotopic (exact) mass is 873 g/mol. The van der Waals surface area contributed by atoms with E-state index in [9.17, 15) is 37.2 Å². The van der Waals surface area contributed by atoms with Gasteiger partial charge in [0.1, 0.15) is 21.7 Å². The van der Waals surface area contributed by atoms with Gasteiger partial charge >= 0.3 is 0 Å². The van der Waals surface area contributed by atoms with Crippen molar-refractivity contribution in [1.29, 1.82) is 5.41 Å². The number of carbonyl (C=O) groups excluding carboxylic acids is 5. The predicted octanol–water partition coefficient (Wildman–Crippen LogP) is 3.34. The third-order valence-electron chi connectivity index (χ3n) is 11.0. The Morgan fingerprint density at radius 1 is 0.934 bits per heavy atom. The molecule has 7 rings (SSSR count). The van der Waals surface area contributed by atoms with Gasteiger partial charge < -0.3 is 30.0 Å². The van der Waals surface area contributed by atoms with E-state index in [1.54, 1.807) is 49.6 Å². The van der Waals surface area contributed by atoms with Crippen LogP contribution < -0.4 is 36.3 Å². The topological polar surface area (TPSA) is 235 Å². The molecule has 1 unspecified atom stereocenters. The molecule has 0 saturated carbocycles. The molecule has 4 aromatic rings. The van der Waals surface area contributed by atoms with E-state index in [1.807, 2.05) is 6.07 Å². The summed E-state index contributed by atoms with van der Waals surface area (Å²) in [5, 5.41) is 20.6. The molecule has 0 radical (unpaired) electrons. The van der Waals surface area contributed by atoms with Crippen molar-refractivity contribution in [3.63, 3.8) is 0 Å². The predicted molar refractivity (Wildman–Crippen MR) is 229 cm³/mol. The molecule has 0 bridgehead atoms. The minimum Gasteiger partial charge on any atom is -0.493 e. The Labute approximate surface area is 355 Å². The molecule has 0 aliphatic carbocycles. The fourth-order valence-corrected chi connectivity index (χ4v) is 10.3. The van der Waals surface area contributed by atoms with Crippen LogP contribution in [-0.2, 0) is 31.3 Å². The SMILES string of the molecule is COc1cc(-c2cn(C)c(=O)c3cc(C(=N)NC4CCS(=O)(=O)CC4)sc23)ccc1OCC(=O)NCCCCCCNc1cccc2c1C(=O)N(C1CCC(=O)NC1=O)C2=O. The number of aromatic nitrogens is 1. The number of anilines is 1. The maximum absolute atomic E-state index is 13.3. The number of rotatable bonds is 16. The number of imide groups is 2. The summed E-state index contributed by atoms with van der Waals surface area (Å²) in [6.07, 6.45) is 5.90. The number of nitrogens with one attached hydrogen (secondary N) is 5. The Morgan fingerprint density at radius 3 is 2.43 bits per heavy atom. The van der Waals surface area contributed by atoms with E-state index in [1.165, 1.54) is 23.0 Å². The molecule has 17 nitrogen and oxygen atoms in total. The van der Waals surface area contributed by atoms with E-state index in [2.05, 4.69) is 21.3 Å². The largest absolute Gasteiger partial charge is 0.493 e. The van der Waals surface area contributed by atoms with Gasteiger partial charge in [0.2, 0.25) is 11.8 Å². The number of piperidine rings is 1. The Kier molecular flexibility index (Phi) is 12.9.